The molecule has 2 N–H and O–H groups in total. The SMILES string of the molecule is Cc1c(=O)n(C)c(Nc2ccc(I)cc2F)c2c(=O)n(C)c(=O)n(-c3cccc(NS(C)(=O)=O)c3)c12.[Na]. The van der Waals surface area contributed by atoms with Crippen LogP contribution in [-0.4, -0.2) is 57.9 Å². The Labute approximate surface area is 246 Å². The fraction of sp³-hybridized carbons (Fsp3) is 0.174. The number of nitrogens with one attached hydrogen (secondary N) is 2. The summed E-state index contributed by atoms with van der Waals surface area (Å²) < 4.78 is 44.3. The van der Waals surface area contributed by atoms with E-state index in [0.29, 0.717) is 3.57 Å². The molecule has 0 saturated carbocycles. The second-order valence-corrected chi connectivity index (χ2v) is 11.2. The van der Waals surface area contributed by atoms with Gasteiger partial charge in [-0.1, -0.05) is 6.07 Å². The number of aryl methyl sites for hydroxylation is 1. The van der Waals surface area contributed by atoms with E-state index in [4.69, 9.17) is 0 Å². The van der Waals surface area contributed by atoms with Crippen molar-refractivity contribution in [1.82, 2.24) is 13.7 Å². The van der Waals surface area contributed by atoms with Crippen molar-refractivity contribution in [2.24, 2.45) is 14.1 Å². The first-order valence-corrected chi connectivity index (χ1v) is 13.4. The summed E-state index contributed by atoms with van der Waals surface area (Å²) in [6.45, 7) is 1.48. The van der Waals surface area contributed by atoms with Gasteiger partial charge in [-0.25, -0.2) is 17.6 Å². The summed E-state index contributed by atoms with van der Waals surface area (Å²) in [5.41, 5.74) is -1.37. The summed E-state index contributed by atoms with van der Waals surface area (Å²) in [6, 6.07) is 10.4. The van der Waals surface area contributed by atoms with E-state index in [1.807, 2.05) is 22.6 Å². The van der Waals surface area contributed by atoms with Crippen LogP contribution < -0.4 is 26.8 Å². The van der Waals surface area contributed by atoms with Gasteiger partial charge in [0.05, 0.1) is 28.8 Å². The number of halogens is 2. The Morgan fingerprint density at radius 2 is 1.65 bits per heavy atom. The maximum Gasteiger partial charge on any atom is 0.335 e. The summed E-state index contributed by atoms with van der Waals surface area (Å²) in [6.07, 6.45) is 0.989. The van der Waals surface area contributed by atoms with E-state index < -0.39 is 32.6 Å². The molecule has 2 aromatic carbocycles. The Hall–Kier alpha value is -2.46. The number of aromatic nitrogens is 3. The maximum absolute atomic E-state index is 14.7. The first kappa shape index (κ1) is 29.1. The molecule has 4 rings (SSSR count). The van der Waals surface area contributed by atoms with Crippen LogP contribution in [0.4, 0.5) is 21.6 Å². The molecule has 0 fully saturated rings. The van der Waals surface area contributed by atoms with Gasteiger partial charge in [0, 0.05) is 52.8 Å². The molecule has 0 spiro atoms. The van der Waals surface area contributed by atoms with Crippen molar-refractivity contribution in [3.8, 4) is 5.69 Å². The largest absolute Gasteiger partial charge is 0.338 e. The Morgan fingerprint density at radius 1 is 0.973 bits per heavy atom. The second-order valence-electron chi connectivity index (χ2n) is 8.22. The van der Waals surface area contributed by atoms with Crippen molar-refractivity contribution < 1.29 is 12.8 Å². The monoisotopic (exact) mass is 648 g/mol. The molecule has 37 heavy (non-hydrogen) atoms. The van der Waals surface area contributed by atoms with E-state index in [1.54, 1.807) is 12.1 Å². The summed E-state index contributed by atoms with van der Waals surface area (Å²) >= 11 is 1.96. The quantitative estimate of drug-likeness (QED) is 0.253. The number of hydrogen-bond acceptors (Lipinski definition) is 6. The Kier molecular flexibility index (Phi) is 8.44. The smallest absolute Gasteiger partial charge is 0.335 e. The van der Waals surface area contributed by atoms with Gasteiger partial charge in [0.15, 0.2) is 0 Å². The van der Waals surface area contributed by atoms with E-state index >= 15 is 0 Å². The van der Waals surface area contributed by atoms with Gasteiger partial charge >= 0.3 is 5.69 Å². The van der Waals surface area contributed by atoms with Gasteiger partial charge in [-0.15, -0.1) is 0 Å². The average Bonchev–Trinajstić information content (AvgIpc) is 2.79. The van der Waals surface area contributed by atoms with Crippen LogP contribution in [0, 0.1) is 16.3 Å². The topological polar surface area (TPSA) is 124 Å². The predicted molar refractivity (Wildman–Crippen MR) is 151 cm³/mol. The predicted octanol–water partition coefficient (Wildman–Crippen LogP) is 2.17. The van der Waals surface area contributed by atoms with E-state index in [0.717, 1.165) is 15.4 Å². The minimum absolute atomic E-state index is 0. The third kappa shape index (κ3) is 5.55. The number of nitrogens with zero attached hydrogens (tertiary/aromatic N) is 3. The van der Waals surface area contributed by atoms with Crippen LogP contribution in [0.3, 0.4) is 0 Å². The van der Waals surface area contributed by atoms with Gasteiger partial charge in [0.25, 0.3) is 11.1 Å². The van der Waals surface area contributed by atoms with Crippen LogP contribution in [0.25, 0.3) is 16.6 Å². The molecule has 0 unspecified atom stereocenters. The molecular weight excluding hydrogens is 627 g/mol. The van der Waals surface area contributed by atoms with Crippen LogP contribution in [0.5, 0.6) is 0 Å². The molecule has 0 bridgehead atoms. The van der Waals surface area contributed by atoms with Crippen LogP contribution >= 0.6 is 22.6 Å². The zero-order valence-electron chi connectivity index (χ0n) is 20.6. The molecule has 189 valence electrons. The van der Waals surface area contributed by atoms with E-state index in [2.05, 4.69) is 10.0 Å². The van der Waals surface area contributed by atoms with Crippen molar-refractivity contribution in [2.45, 2.75) is 6.92 Å². The van der Waals surface area contributed by atoms with Crippen LogP contribution in [0.1, 0.15) is 5.56 Å². The molecule has 2 aromatic heterocycles. The standard InChI is InChI=1S/C23H21FIN5O5S.Na/c1-12-19-18(20(28(2)21(12)31)26-17-9-8-13(25)10-16(17)24)22(32)29(3)23(33)30(19)15-7-5-6-14(11-15)27-36(4,34)35;/h5-11,26-27H,1-4H3;. The molecule has 0 aliphatic carbocycles. The molecule has 4 aromatic rings. The maximum atomic E-state index is 14.7. The van der Waals surface area contributed by atoms with Gasteiger partial charge < -0.3 is 5.32 Å². The van der Waals surface area contributed by atoms with E-state index in [1.165, 1.54) is 55.9 Å². The number of benzene rings is 2. The normalized spacial score (nSPS) is 11.3. The van der Waals surface area contributed by atoms with Gasteiger partial charge in [0.2, 0.25) is 10.0 Å². The zero-order valence-corrected chi connectivity index (χ0v) is 25.6. The third-order valence-corrected chi connectivity index (χ3v) is 6.88. The molecule has 0 amide bonds. The van der Waals surface area contributed by atoms with Gasteiger partial charge in [-0.3, -0.25) is 28.0 Å². The van der Waals surface area contributed by atoms with Crippen LogP contribution in [-0.2, 0) is 24.1 Å². The fourth-order valence-electron chi connectivity index (χ4n) is 3.93. The number of anilines is 3. The number of rotatable bonds is 5. The molecule has 1 radical (unpaired) electrons. The summed E-state index contributed by atoms with van der Waals surface area (Å²) in [5.74, 6) is -0.590. The summed E-state index contributed by atoms with van der Waals surface area (Å²) in [7, 11) is -0.880. The minimum atomic E-state index is -3.60. The number of fused-ring (bicyclic) bond motifs is 1. The van der Waals surface area contributed by atoms with Crippen molar-refractivity contribution in [3.05, 3.63) is 88.6 Å². The Bertz CT molecular complexity index is 1850. The Balaban J connectivity index is 0.00000380. The molecule has 0 atom stereocenters. The van der Waals surface area contributed by atoms with Crippen molar-refractivity contribution in [3.63, 3.8) is 0 Å². The zero-order chi connectivity index (χ0) is 26.5. The van der Waals surface area contributed by atoms with Crippen molar-refractivity contribution in [1.29, 1.82) is 0 Å². The summed E-state index contributed by atoms with van der Waals surface area (Å²) in [4.78, 5) is 39.9. The Morgan fingerprint density at radius 3 is 2.27 bits per heavy atom. The molecule has 2 heterocycles. The first-order chi connectivity index (χ1) is 16.8. The van der Waals surface area contributed by atoms with Crippen LogP contribution in [0.15, 0.2) is 56.8 Å². The van der Waals surface area contributed by atoms with Crippen molar-refractivity contribution >= 4 is 90.3 Å². The fourth-order valence-corrected chi connectivity index (χ4v) is 4.94. The average molecular weight is 648 g/mol. The van der Waals surface area contributed by atoms with Gasteiger partial charge in [0.1, 0.15) is 17.0 Å². The third-order valence-electron chi connectivity index (χ3n) is 5.60. The van der Waals surface area contributed by atoms with Crippen LogP contribution in [0.2, 0.25) is 0 Å². The molecule has 14 heteroatoms. The number of pyridine rings is 1. The van der Waals surface area contributed by atoms with Gasteiger partial charge in [-0.2, -0.15) is 0 Å². The molecule has 0 aliphatic heterocycles. The molecular formula is C23H21FIN5NaO5S. The second kappa shape index (κ2) is 10.7. The molecule has 0 saturated heterocycles. The minimum Gasteiger partial charge on any atom is -0.338 e. The van der Waals surface area contributed by atoms with E-state index in [9.17, 15) is 27.2 Å². The van der Waals surface area contributed by atoms with Crippen molar-refractivity contribution in [2.75, 3.05) is 16.3 Å². The summed E-state index contributed by atoms with van der Waals surface area (Å²) in [5, 5.41) is 2.83. The van der Waals surface area contributed by atoms with Gasteiger partial charge in [-0.05, 0) is 65.9 Å². The molecule has 10 nitrogen and oxygen atoms in total. The first-order valence-electron chi connectivity index (χ1n) is 10.5. The van der Waals surface area contributed by atoms with E-state index in [-0.39, 0.29) is 68.9 Å². The molecule has 0 aliphatic rings. The number of sulfonamides is 1. The number of hydrogen-bond donors (Lipinski definition) is 2.